The van der Waals surface area contributed by atoms with Gasteiger partial charge in [-0.15, -0.1) is 0 Å². The number of fused-ring (bicyclic) bond motifs is 1. The molecule has 48 valence electrons. The molecule has 0 amide bonds. The standard InChI is InChI=1S/C9H6N.Al/c1-2-6-9-8(4-1)5-3-7-10-9;/h1-5,7H;/q;+2. The van der Waals surface area contributed by atoms with E-state index in [4.69, 9.17) is 0 Å². The number of aromatic nitrogens is 1. The Bertz CT molecular complexity index is 379. The molecular weight excluding hydrogens is 149 g/mol. The number of hydrogen-bond donors (Lipinski definition) is 0. The van der Waals surface area contributed by atoms with Gasteiger partial charge in [-0.05, 0) is 0 Å². The molecule has 0 atom stereocenters. The summed E-state index contributed by atoms with van der Waals surface area (Å²) in [5, 5.41) is 1.19. The molecule has 0 aliphatic carbocycles. The van der Waals surface area contributed by atoms with Crippen LogP contribution in [0.3, 0.4) is 0 Å². The van der Waals surface area contributed by atoms with Crippen molar-refractivity contribution in [2.75, 3.05) is 0 Å². The van der Waals surface area contributed by atoms with Gasteiger partial charge in [0.05, 0.1) is 0 Å². The van der Waals surface area contributed by atoms with Gasteiger partial charge >= 0.3 is 73.1 Å². The Morgan fingerprint density at radius 2 is 1.91 bits per heavy atom. The zero-order valence-electron chi connectivity index (χ0n) is 5.99. The topological polar surface area (TPSA) is 12.9 Å². The number of para-hydroxylation sites is 1. The third kappa shape index (κ3) is 1.16. The average Bonchev–Trinajstić information content (AvgIpc) is 2.06. The summed E-state index contributed by atoms with van der Waals surface area (Å²) < 4.78 is 1.16. The third-order valence-electron chi connectivity index (χ3n) is 1.66. The first-order chi connectivity index (χ1) is 5.38. The van der Waals surface area contributed by atoms with Crippen LogP contribution in [-0.2, 0) is 0 Å². The predicted molar refractivity (Wildman–Crippen MR) is 47.1 cm³/mol. The van der Waals surface area contributed by atoms with Crippen molar-refractivity contribution in [1.82, 2.24) is 4.98 Å². The summed E-state index contributed by atoms with van der Waals surface area (Å²) in [7, 11) is 0. The van der Waals surface area contributed by atoms with Crippen LogP contribution in [-0.4, -0.2) is 21.3 Å². The summed E-state index contributed by atoms with van der Waals surface area (Å²) in [6, 6.07) is 10.2. The quantitative estimate of drug-likeness (QED) is 0.518. The van der Waals surface area contributed by atoms with E-state index in [0.29, 0.717) is 0 Å². The van der Waals surface area contributed by atoms with Gasteiger partial charge in [-0.2, -0.15) is 0 Å². The summed E-state index contributed by atoms with van der Waals surface area (Å²) in [5.41, 5.74) is 1.07. The number of hydrogen-bond acceptors (Lipinski definition) is 1. The minimum absolute atomic E-state index is 1.07. The Balaban J connectivity index is 2.91. The van der Waals surface area contributed by atoms with E-state index in [1.165, 1.54) is 5.39 Å². The summed E-state index contributed by atoms with van der Waals surface area (Å²) in [6.07, 6.45) is 1.82. The van der Waals surface area contributed by atoms with Crippen LogP contribution >= 0.6 is 0 Å². The van der Waals surface area contributed by atoms with Gasteiger partial charge in [0.1, 0.15) is 0 Å². The van der Waals surface area contributed by atoms with E-state index in [2.05, 4.69) is 33.4 Å². The number of benzene rings is 1. The molecule has 11 heavy (non-hydrogen) atoms. The zero-order valence-corrected chi connectivity index (χ0v) is 7.14. The Hall–Kier alpha value is -0.838. The maximum atomic E-state index is 4.26. The van der Waals surface area contributed by atoms with Crippen LogP contribution < -0.4 is 4.43 Å². The van der Waals surface area contributed by atoms with Crippen molar-refractivity contribution >= 4 is 31.6 Å². The normalized spacial score (nSPS) is 10.4. The molecule has 2 aromatic rings. The fraction of sp³-hybridized carbons (Fsp3) is 0. The first kappa shape index (κ1) is 6.85. The summed E-state index contributed by atoms with van der Waals surface area (Å²) >= 11 is 2.68. The minimum atomic E-state index is 1.07. The van der Waals surface area contributed by atoms with Gasteiger partial charge < -0.3 is 0 Å². The molecule has 0 N–H and O–H groups in total. The van der Waals surface area contributed by atoms with Crippen molar-refractivity contribution in [3.63, 3.8) is 0 Å². The summed E-state index contributed by atoms with van der Waals surface area (Å²) in [5.74, 6) is 0. The van der Waals surface area contributed by atoms with Crippen LogP contribution in [0.25, 0.3) is 10.9 Å². The van der Waals surface area contributed by atoms with Gasteiger partial charge in [-0.3, -0.25) is 0 Å². The number of nitrogens with zero attached hydrogens (tertiary/aromatic N) is 1. The second kappa shape index (κ2) is 2.66. The van der Waals surface area contributed by atoms with Gasteiger partial charge in [-0.25, -0.2) is 0 Å². The monoisotopic (exact) mass is 155 g/mol. The molecule has 1 heterocycles. The number of pyridine rings is 1. The molecule has 1 aromatic heterocycles. The van der Waals surface area contributed by atoms with Gasteiger partial charge in [0, 0.05) is 0 Å². The molecule has 0 unspecified atom stereocenters. The van der Waals surface area contributed by atoms with Crippen molar-refractivity contribution in [1.29, 1.82) is 0 Å². The molecule has 0 spiro atoms. The van der Waals surface area contributed by atoms with Gasteiger partial charge in [0.2, 0.25) is 0 Å². The van der Waals surface area contributed by atoms with Crippen molar-refractivity contribution in [2.45, 2.75) is 0 Å². The van der Waals surface area contributed by atoms with Crippen LogP contribution in [0.1, 0.15) is 0 Å². The molecule has 2 rings (SSSR count). The SMILES string of the molecule is [Al+2][c]1cccc2cccnc12. The number of rotatable bonds is 0. The first-order valence-electron chi connectivity index (χ1n) is 3.47. The van der Waals surface area contributed by atoms with Gasteiger partial charge in [0.15, 0.2) is 0 Å². The summed E-state index contributed by atoms with van der Waals surface area (Å²) in [4.78, 5) is 4.26. The molecule has 1 aromatic carbocycles. The fourth-order valence-electron chi connectivity index (χ4n) is 1.13. The van der Waals surface area contributed by atoms with Crippen molar-refractivity contribution in [3.05, 3.63) is 36.5 Å². The Kier molecular flexibility index (Phi) is 1.65. The molecule has 0 saturated carbocycles. The van der Waals surface area contributed by atoms with Gasteiger partial charge in [0.25, 0.3) is 0 Å². The third-order valence-corrected chi connectivity index (χ3v) is 2.13. The van der Waals surface area contributed by atoms with Crippen LogP contribution in [0.5, 0.6) is 0 Å². The maximum absolute atomic E-state index is 4.26. The molecular formula is C9H6AlN+2. The van der Waals surface area contributed by atoms with Crippen LogP contribution in [0.15, 0.2) is 36.5 Å². The molecule has 0 aliphatic rings. The van der Waals surface area contributed by atoms with Crippen molar-refractivity contribution in [2.24, 2.45) is 0 Å². The second-order valence-corrected chi connectivity index (χ2v) is 3.04. The van der Waals surface area contributed by atoms with E-state index in [1.807, 2.05) is 24.4 Å². The van der Waals surface area contributed by atoms with Crippen molar-refractivity contribution < 1.29 is 0 Å². The first-order valence-corrected chi connectivity index (χ1v) is 4.05. The molecule has 0 fully saturated rings. The van der Waals surface area contributed by atoms with Gasteiger partial charge in [-0.1, -0.05) is 0 Å². The predicted octanol–water partition coefficient (Wildman–Crippen LogP) is 1.03. The van der Waals surface area contributed by atoms with E-state index in [-0.39, 0.29) is 0 Å². The molecule has 0 radical (unpaired) electrons. The molecule has 0 bridgehead atoms. The van der Waals surface area contributed by atoms with E-state index < -0.39 is 0 Å². The van der Waals surface area contributed by atoms with E-state index in [9.17, 15) is 0 Å². The van der Waals surface area contributed by atoms with E-state index in [1.54, 1.807) is 0 Å². The second-order valence-electron chi connectivity index (χ2n) is 2.42. The van der Waals surface area contributed by atoms with Crippen LogP contribution in [0, 0.1) is 0 Å². The van der Waals surface area contributed by atoms with Crippen LogP contribution in [0.2, 0.25) is 0 Å². The molecule has 1 nitrogen and oxygen atoms in total. The molecule has 0 aliphatic heterocycles. The fourth-order valence-corrected chi connectivity index (χ4v) is 1.48. The molecule has 0 saturated heterocycles. The Morgan fingerprint density at radius 1 is 1.09 bits per heavy atom. The van der Waals surface area contributed by atoms with E-state index in [0.717, 1.165) is 9.94 Å². The average molecular weight is 155 g/mol. The van der Waals surface area contributed by atoms with E-state index >= 15 is 0 Å². The van der Waals surface area contributed by atoms with Crippen LogP contribution in [0.4, 0.5) is 0 Å². The zero-order chi connectivity index (χ0) is 7.68. The van der Waals surface area contributed by atoms with Crippen molar-refractivity contribution in [3.8, 4) is 0 Å². The summed E-state index contributed by atoms with van der Waals surface area (Å²) in [6.45, 7) is 0. The Labute approximate surface area is 73.5 Å². The molecule has 2 heteroatoms. The Morgan fingerprint density at radius 3 is 2.73 bits per heavy atom.